The first-order valence-corrected chi connectivity index (χ1v) is 8.16. The van der Waals surface area contributed by atoms with Crippen LogP contribution >= 0.6 is 22.9 Å². The molecule has 2 aromatic heterocycles. The van der Waals surface area contributed by atoms with Crippen LogP contribution in [0.4, 0.5) is 0 Å². The summed E-state index contributed by atoms with van der Waals surface area (Å²) in [5.74, 6) is -0.705. The second-order valence-electron chi connectivity index (χ2n) is 4.49. The van der Waals surface area contributed by atoms with Crippen LogP contribution in [0.25, 0.3) is 4.96 Å². The van der Waals surface area contributed by atoms with Crippen LogP contribution in [-0.4, -0.2) is 36.4 Å². The number of carbonyl (C=O) groups is 1. The van der Waals surface area contributed by atoms with Crippen LogP contribution in [0.5, 0.6) is 0 Å². The molecule has 0 aliphatic heterocycles. The van der Waals surface area contributed by atoms with Crippen LogP contribution in [0.1, 0.15) is 13.8 Å². The molecule has 0 saturated carbocycles. The van der Waals surface area contributed by atoms with Gasteiger partial charge in [-0.15, -0.1) is 11.3 Å². The van der Waals surface area contributed by atoms with E-state index in [9.17, 15) is 13.2 Å². The number of aromatic nitrogens is 2. The zero-order valence-corrected chi connectivity index (χ0v) is 13.3. The highest BCUT2D eigenvalue weighted by atomic mass is 35.5. The van der Waals surface area contributed by atoms with Crippen molar-refractivity contribution in [3.05, 3.63) is 16.7 Å². The van der Waals surface area contributed by atoms with E-state index in [0.29, 0.717) is 4.96 Å². The molecule has 0 aliphatic rings. The van der Waals surface area contributed by atoms with Crippen LogP contribution in [0.3, 0.4) is 0 Å². The molecule has 0 fully saturated rings. The summed E-state index contributed by atoms with van der Waals surface area (Å²) in [6.07, 6.45) is 1.54. The van der Waals surface area contributed by atoms with E-state index in [1.807, 2.05) is 0 Å². The van der Waals surface area contributed by atoms with E-state index in [1.54, 1.807) is 11.6 Å². The topological polar surface area (TPSA) is 89.8 Å². The van der Waals surface area contributed by atoms with Crippen molar-refractivity contribution >= 4 is 43.9 Å². The Hall–Kier alpha value is -1.16. The number of esters is 1. The number of halogens is 1. The van der Waals surface area contributed by atoms with Crippen LogP contribution in [-0.2, 0) is 19.6 Å². The Labute approximate surface area is 124 Å². The average molecular weight is 338 g/mol. The normalized spacial score (nSPS) is 12.8. The third kappa shape index (κ3) is 2.53. The van der Waals surface area contributed by atoms with Gasteiger partial charge in [-0.25, -0.2) is 13.4 Å². The Bertz CT molecular complexity index is 763. The summed E-state index contributed by atoms with van der Waals surface area (Å²) in [5, 5.41) is 1.33. The van der Waals surface area contributed by atoms with Gasteiger partial charge in [-0.2, -0.15) is 4.72 Å². The number of methoxy groups -OCH3 is 1. The highest BCUT2D eigenvalue weighted by Gasteiger charge is 2.36. The summed E-state index contributed by atoms with van der Waals surface area (Å²) >= 11 is 7.13. The number of sulfonamides is 1. The summed E-state index contributed by atoms with van der Waals surface area (Å²) in [6.45, 7) is 2.80. The van der Waals surface area contributed by atoms with Crippen molar-refractivity contribution < 1.29 is 17.9 Å². The van der Waals surface area contributed by atoms with Gasteiger partial charge in [0.25, 0.3) is 10.0 Å². The predicted molar refractivity (Wildman–Crippen MR) is 74.5 cm³/mol. The maximum absolute atomic E-state index is 12.4. The summed E-state index contributed by atoms with van der Waals surface area (Å²) in [5.41, 5.74) is -1.42. The predicted octanol–water partition coefficient (Wildman–Crippen LogP) is 1.28. The van der Waals surface area contributed by atoms with Gasteiger partial charge in [-0.3, -0.25) is 9.20 Å². The van der Waals surface area contributed by atoms with Gasteiger partial charge in [-0.05, 0) is 13.8 Å². The lowest BCUT2D eigenvalue weighted by molar-refractivity contribution is -0.146. The van der Waals surface area contributed by atoms with Gasteiger partial charge >= 0.3 is 5.97 Å². The molecule has 7 nitrogen and oxygen atoms in total. The number of thiazole rings is 1. The summed E-state index contributed by atoms with van der Waals surface area (Å²) in [4.78, 5) is 16.0. The lowest BCUT2D eigenvalue weighted by Gasteiger charge is -2.22. The minimum Gasteiger partial charge on any atom is -0.468 e. The fourth-order valence-corrected chi connectivity index (χ4v) is 4.48. The molecule has 0 aromatic carbocycles. The summed E-state index contributed by atoms with van der Waals surface area (Å²) < 4.78 is 33.0. The van der Waals surface area contributed by atoms with Gasteiger partial charge < -0.3 is 4.74 Å². The molecule has 110 valence electrons. The van der Waals surface area contributed by atoms with Crippen molar-refractivity contribution in [2.75, 3.05) is 7.11 Å². The van der Waals surface area contributed by atoms with Crippen LogP contribution in [0, 0.1) is 0 Å². The number of nitrogens with one attached hydrogen (secondary N) is 1. The molecule has 20 heavy (non-hydrogen) atoms. The molecule has 0 saturated heterocycles. The van der Waals surface area contributed by atoms with E-state index in [-0.39, 0.29) is 10.2 Å². The minimum absolute atomic E-state index is 0.148. The maximum Gasteiger partial charge on any atom is 0.326 e. The number of ether oxygens (including phenoxy) is 1. The first-order valence-electron chi connectivity index (χ1n) is 5.42. The Kier molecular flexibility index (Phi) is 3.80. The molecule has 0 spiro atoms. The molecule has 0 radical (unpaired) electrons. The zero-order valence-electron chi connectivity index (χ0n) is 10.9. The molecule has 0 amide bonds. The first kappa shape index (κ1) is 15.2. The Morgan fingerprint density at radius 3 is 2.80 bits per heavy atom. The van der Waals surface area contributed by atoms with Crippen LogP contribution < -0.4 is 4.72 Å². The molecule has 0 atom stereocenters. The molecule has 2 heterocycles. The molecule has 0 bridgehead atoms. The van der Waals surface area contributed by atoms with E-state index in [2.05, 4.69) is 14.4 Å². The summed E-state index contributed by atoms with van der Waals surface area (Å²) in [6, 6.07) is 0. The van der Waals surface area contributed by atoms with E-state index in [1.165, 1.54) is 36.7 Å². The van der Waals surface area contributed by atoms with Crippen LogP contribution in [0.2, 0.25) is 5.15 Å². The quantitative estimate of drug-likeness (QED) is 0.849. The highest BCUT2D eigenvalue weighted by Crippen LogP contribution is 2.26. The number of carbonyl (C=O) groups excluding carboxylic acids is 1. The van der Waals surface area contributed by atoms with Gasteiger partial charge in [0.15, 0.2) is 15.1 Å². The minimum atomic E-state index is -4.03. The fraction of sp³-hybridized carbons (Fsp3) is 0.400. The van der Waals surface area contributed by atoms with E-state index in [4.69, 9.17) is 11.6 Å². The monoisotopic (exact) mass is 337 g/mol. The largest absolute Gasteiger partial charge is 0.468 e. The van der Waals surface area contributed by atoms with Crippen molar-refractivity contribution in [2.24, 2.45) is 0 Å². The van der Waals surface area contributed by atoms with Crippen molar-refractivity contribution in [1.82, 2.24) is 14.1 Å². The molecule has 2 rings (SSSR count). The van der Waals surface area contributed by atoms with Gasteiger partial charge in [0.1, 0.15) is 5.54 Å². The fourth-order valence-electron chi connectivity index (χ4n) is 1.66. The highest BCUT2D eigenvalue weighted by molar-refractivity contribution is 7.89. The number of imidazole rings is 1. The van der Waals surface area contributed by atoms with Gasteiger partial charge in [0.2, 0.25) is 0 Å². The Morgan fingerprint density at radius 2 is 2.20 bits per heavy atom. The van der Waals surface area contributed by atoms with Crippen LogP contribution in [0.15, 0.2) is 16.6 Å². The standard InChI is InChI=1S/C10H12ClN3O4S2/c1-10(2,8(15)18-3)13-20(16,17)7-6(11)12-9-14(7)4-5-19-9/h4-5,13H,1-3H3. The first-order chi connectivity index (χ1) is 9.19. The second kappa shape index (κ2) is 4.99. The Morgan fingerprint density at radius 1 is 1.55 bits per heavy atom. The van der Waals surface area contributed by atoms with Gasteiger partial charge in [0.05, 0.1) is 7.11 Å². The lowest BCUT2D eigenvalue weighted by Crippen LogP contribution is -2.50. The number of nitrogens with zero attached hydrogens (tertiary/aromatic N) is 2. The smallest absolute Gasteiger partial charge is 0.326 e. The van der Waals surface area contributed by atoms with E-state index >= 15 is 0 Å². The SMILES string of the molecule is COC(=O)C(C)(C)NS(=O)(=O)c1c(Cl)nc2sccn12. The molecule has 1 N–H and O–H groups in total. The molecular formula is C10H12ClN3O4S2. The van der Waals surface area contributed by atoms with Crippen molar-refractivity contribution in [3.8, 4) is 0 Å². The third-order valence-electron chi connectivity index (χ3n) is 2.52. The molecule has 0 unspecified atom stereocenters. The van der Waals surface area contributed by atoms with E-state index < -0.39 is 21.5 Å². The lowest BCUT2D eigenvalue weighted by atomic mass is 10.1. The second-order valence-corrected chi connectivity index (χ2v) is 7.31. The molecule has 10 heteroatoms. The molecule has 0 aliphatic carbocycles. The third-order valence-corrected chi connectivity index (χ3v) is 5.33. The maximum atomic E-state index is 12.4. The number of rotatable bonds is 4. The van der Waals surface area contributed by atoms with Gasteiger partial charge in [0, 0.05) is 11.6 Å². The zero-order chi connectivity index (χ0) is 15.1. The summed E-state index contributed by atoms with van der Waals surface area (Å²) in [7, 11) is -2.85. The van der Waals surface area contributed by atoms with Gasteiger partial charge in [-0.1, -0.05) is 11.6 Å². The molecule has 2 aromatic rings. The number of hydrogen-bond donors (Lipinski definition) is 1. The van der Waals surface area contributed by atoms with Crippen molar-refractivity contribution in [1.29, 1.82) is 0 Å². The number of hydrogen-bond acceptors (Lipinski definition) is 6. The molecular weight excluding hydrogens is 326 g/mol. The van der Waals surface area contributed by atoms with Crippen molar-refractivity contribution in [3.63, 3.8) is 0 Å². The number of fused-ring (bicyclic) bond motifs is 1. The van der Waals surface area contributed by atoms with Crippen molar-refractivity contribution in [2.45, 2.75) is 24.4 Å². The van der Waals surface area contributed by atoms with E-state index in [0.717, 1.165) is 0 Å². The Balaban J connectivity index is 2.48. The average Bonchev–Trinajstić information content (AvgIpc) is 2.85.